The van der Waals surface area contributed by atoms with Crippen molar-refractivity contribution in [3.05, 3.63) is 71.1 Å². The van der Waals surface area contributed by atoms with Gasteiger partial charge in [-0.05, 0) is 12.1 Å². The Bertz CT molecular complexity index is 822. The lowest BCUT2D eigenvalue weighted by Crippen LogP contribution is -2.20. The van der Waals surface area contributed by atoms with E-state index in [1.807, 2.05) is 6.07 Å². The molecule has 0 unspecified atom stereocenters. The molecule has 0 saturated heterocycles. The number of carbonyl (C=O) groups is 1. The van der Waals surface area contributed by atoms with Crippen molar-refractivity contribution < 1.29 is 9.21 Å². The van der Waals surface area contributed by atoms with Crippen LogP contribution >= 0.6 is 0 Å². The van der Waals surface area contributed by atoms with Crippen molar-refractivity contribution >= 4 is 11.6 Å². The maximum atomic E-state index is 12.1. The van der Waals surface area contributed by atoms with Crippen molar-refractivity contribution in [3.63, 3.8) is 0 Å². The van der Waals surface area contributed by atoms with Crippen LogP contribution in [0.15, 0.2) is 64.5 Å². The van der Waals surface area contributed by atoms with E-state index in [4.69, 9.17) is 4.42 Å². The van der Waals surface area contributed by atoms with E-state index in [1.165, 1.54) is 24.9 Å². The number of benzene rings is 1. The summed E-state index contributed by atoms with van der Waals surface area (Å²) in [5.41, 5.74) is 1.07. The van der Waals surface area contributed by atoms with Gasteiger partial charge in [-0.15, -0.1) is 0 Å². The maximum Gasteiger partial charge on any atom is 0.261 e. The van der Waals surface area contributed by atoms with Crippen molar-refractivity contribution in [1.82, 2.24) is 9.97 Å². The zero-order chi connectivity index (χ0) is 14.7. The Hall–Kier alpha value is -3.15. The third-order valence-corrected chi connectivity index (χ3v) is 2.91. The summed E-state index contributed by atoms with van der Waals surface area (Å²) in [7, 11) is 0. The molecule has 104 valence electrons. The average molecular weight is 281 g/mol. The van der Waals surface area contributed by atoms with Crippen molar-refractivity contribution in [1.29, 1.82) is 0 Å². The second-order valence-corrected chi connectivity index (χ2v) is 4.32. The fourth-order valence-electron chi connectivity index (χ4n) is 1.90. The monoisotopic (exact) mass is 281 g/mol. The van der Waals surface area contributed by atoms with Gasteiger partial charge in [-0.2, -0.15) is 0 Å². The van der Waals surface area contributed by atoms with Crippen molar-refractivity contribution in [3.8, 4) is 11.3 Å². The first kappa shape index (κ1) is 12.9. The van der Waals surface area contributed by atoms with E-state index >= 15 is 0 Å². The molecule has 6 heteroatoms. The van der Waals surface area contributed by atoms with E-state index in [-0.39, 0.29) is 11.0 Å². The van der Waals surface area contributed by atoms with E-state index in [2.05, 4.69) is 15.3 Å². The number of anilines is 1. The molecular formula is C15H11N3O3. The van der Waals surface area contributed by atoms with E-state index in [1.54, 1.807) is 24.4 Å². The zero-order valence-electron chi connectivity index (χ0n) is 10.9. The first-order valence-electron chi connectivity index (χ1n) is 6.21. The number of nitrogens with zero attached hydrogens (tertiary/aromatic N) is 1. The number of carbonyl (C=O) groups excluding carboxylic acids is 1. The molecule has 6 nitrogen and oxygen atoms in total. The van der Waals surface area contributed by atoms with Crippen LogP contribution in [0.25, 0.3) is 11.3 Å². The minimum absolute atomic E-state index is 0.0579. The predicted octanol–water partition coefficient (Wildman–Crippen LogP) is 2.28. The molecule has 2 heterocycles. The van der Waals surface area contributed by atoms with Crippen LogP contribution in [-0.4, -0.2) is 15.9 Å². The van der Waals surface area contributed by atoms with Gasteiger partial charge in [0.25, 0.3) is 5.91 Å². The molecule has 0 aliphatic carbocycles. The highest BCUT2D eigenvalue weighted by Crippen LogP contribution is 2.22. The van der Waals surface area contributed by atoms with Crippen LogP contribution in [-0.2, 0) is 0 Å². The molecule has 0 spiro atoms. The maximum absolute atomic E-state index is 12.1. The number of oxazole rings is 1. The quantitative estimate of drug-likeness (QED) is 0.771. The second kappa shape index (κ2) is 5.46. The van der Waals surface area contributed by atoms with E-state index < -0.39 is 5.91 Å². The fourth-order valence-corrected chi connectivity index (χ4v) is 1.90. The number of pyridine rings is 1. The number of aromatic nitrogens is 2. The Labute approximate surface area is 119 Å². The van der Waals surface area contributed by atoms with Crippen LogP contribution in [0.3, 0.4) is 0 Å². The van der Waals surface area contributed by atoms with Crippen LogP contribution in [0, 0.1) is 0 Å². The Balaban J connectivity index is 1.86. The smallest absolute Gasteiger partial charge is 0.261 e. The highest BCUT2D eigenvalue weighted by molar-refractivity contribution is 6.04. The summed E-state index contributed by atoms with van der Waals surface area (Å²) >= 11 is 0. The number of hydrogen-bond donors (Lipinski definition) is 2. The summed E-state index contributed by atoms with van der Waals surface area (Å²) < 4.78 is 5.20. The van der Waals surface area contributed by atoms with Gasteiger partial charge in [-0.25, -0.2) is 4.98 Å². The number of rotatable bonds is 3. The molecule has 1 aromatic carbocycles. The molecule has 0 aliphatic heterocycles. The topological polar surface area (TPSA) is 88.0 Å². The summed E-state index contributed by atoms with van der Waals surface area (Å²) in [5, 5.41) is 2.68. The predicted molar refractivity (Wildman–Crippen MR) is 77.0 cm³/mol. The SMILES string of the molecule is O=C(Nc1cccc(-c2cnco2)c1)c1c[nH]ccc1=O. The summed E-state index contributed by atoms with van der Waals surface area (Å²) in [6.07, 6.45) is 5.77. The first-order chi connectivity index (χ1) is 10.2. The van der Waals surface area contributed by atoms with Gasteiger partial charge in [0.2, 0.25) is 0 Å². The Morgan fingerprint density at radius 3 is 2.95 bits per heavy atom. The van der Waals surface area contributed by atoms with Gasteiger partial charge in [0.05, 0.1) is 6.20 Å². The van der Waals surface area contributed by atoms with Gasteiger partial charge in [0.1, 0.15) is 5.56 Å². The molecule has 21 heavy (non-hydrogen) atoms. The fraction of sp³-hybridized carbons (Fsp3) is 0. The van der Waals surface area contributed by atoms with Crippen molar-refractivity contribution in [2.45, 2.75) is 0 Å². The Kier molecular flexibility index (Phi) is 3.34. The highest BCUT2D eigenvalue weighted by Gasteiger charge is 2.10. The molecule has 0 radical (unpaired) electrons. The molecule has 0 aliphatic rings. The van der Waals surface area contributed by atoms with Gasteiger partial charge in [0.15, 0.2) is 17.6 Å². The molecule has 2 aromatic heterocycles. The lowest BCUT2D eigenvalue weighted by Gasteiger charge is -2.05. The van der Waals surface area contributed by atoms with E-state index in [0.717, 1.165) is 5.56 Å². The lowest BCUT2D eigenvalue weighted by atomic mass is 10.1. The van der Waals surface area contributed by atoms with Crippen LogP contribution < -0.4 is 10.7 Å². The number of nitrogens with one attached hydrogen (secondary N) is 2. The lowest BCUT2D eigenvalue weighted by molar-refractivity contribution is 0.102. The summed E-state index contributed by atoms with van der Waals surface area (Å²) in [5.74, 6) is 0.134. The molecular weight excluding hydrogens is 270 g/mol. The number of amides is 1. The van der Waals surface area contributed by atoms with Gasteiger partial charge in [-0.1, -0.05) is 12.1 Å². The molecule has 0 bridgehead atoms. The third-order valence-electron chi connectivity index (χ3n) is 2.91. The summed E-state index contributed by atoms with van der Waals surface area (Å²) in [6, 6.07) is 8.40. The van der Waals surface area contributed by atoms with Crippen molar-refractivity contribution in [2.75, 3.05) is 5.32 Å². The molecule has 3 rings (SSSR count). The minimum Gasteiger partial charge on any atom is -0.444 e. The largest absolute Gasteiger partial charge is 0.444 e. The van der Waals surface area contributed by atoms with Gasteiger partial charge in [-0.3, -0.25) is 9.59 Å². The van der Waals surface area contributed by atoms with Crippen LogP contribution in [0.5, 0.6) is 0 Å². The van der Waals surface area contributed by atoms with Crippen LogP contribution in [0.1, 0.15) is 10.4 Å². The normalized spacial score (nSPS) is 10.3. The molecule has 0 atom stereocenters. The number of hydrogen-bond acceptors (Lipinski definition) is 4. The number of H-pyrrole nitrogens is 1. The molecule has 0 saturated carbocycles. The standard InChI is InChI=1S/C15H11N3O3/c19-13-4-5-16-7-12(13)15(20)18-11-3-1-2-10(6-11)14-8-17-9-21-14/h1-9H,(H,16,19)(H,18,20). The molecule has 3 aromatic rings. The Morgan fingerprint density at radius 1 is 1.29 bits per heavy atom. The molecule has 2 N–H and O–H groups in total. The van der Waals surface area contributed by atoms with E-state index in [0.29, 0.717) is 11.4 Å². The van der Waals surface area contributed by atoms with Crippen LogP contribution in [0.4, 0.5) is 5.69 Å². The van der Waals surface area contributed by atoms with Gasteiger partial charge in [0, 0.05) is 29.7 Å². The molecule has 0 fully saturated rings. The summed E-state index contributed by atoms with van der Waals surface area (Å²) in [6.45, 7) is 0. The Morgan fingerprint density at radius 2 is 2.19 bits per heavy atom. The summed E-state index contributed by atoms with van der Waals surface area (Å²) in [4.78, 5) is 30.2. The van der Waals surface area contributed by atoms with Crippen molar-refractivity contribution in [2.24, 2.45) is 0 Å². The van der Waals surface area contributed by atoms with E-state index in [9.17, 15) is 9.59 Å². The second-order valence-electron chi connectivity index (χ2n) is 4.32. The van der Waals surface area contributed by atoms with Gasteiger partial charge >= 0.3 is 0 Å². The average Bonchev–Trinajstić information content (AvgIpc) is 3.02. The third kappa shape index (κ3) is 2.74. The first-order valence-corrected chi connectivity index (χ1v) is 6.21. The minimum atomic E-state index is -0.466. The highest BCUT2D eigenvalue weighted by atomic mass is 16.3. The number of aromatic amines is 1. The van der Waals surface area contributed by atoms with Gasteiger partial charge < -0.3 is 14.7 Å². The van der Waals surface area contributed by atoms with Crippen LogP contribution in [0.2, 0.25) is 0 Å². The zero-order valence-corrected chi connectivity index (χ0v) is 10.9. The molecule has 1 amide bonds.